The van der Waals surface area contributed by atoms with Crippen LogP contribution < -0.4 is 5.32 Å². The monoisotopic (exact) mass is 445 g/mol. The number of para-hydroxylation sites is 2. The van der Waals surface area contributed by atoms with Gasteiger partial charge in [-0.15, -0.1) is 0 Å². The number of benzene rings is 2. The number of aromatic nitrogens is 3. The Labute approximate surface area is 194 Å². The summed E-state index contributed by atoms with van der Waals surface area (Å²) in [5.41, 5.74) is 3.99. The highest BCUT2D eigenvalue weighted by Gasteiger charge is 2.23. The van der Waals surface area contributed by atoms with Gasteiger partial charge >= 0.3 is 0 Å². The van der Waals surface area contributed by atoms with Crippen molar-refractivity contribution in [2.24, 2.45) is 0 Å². The van der Waals surface area contributed by atoms with Crippen LogP contribution in [0.1, 0.15) is 26.7 Å². The predicted molar refractivity (Wildman–Crippen MR) is 133 cm³/mol. The van der Waals surface area contributed by atoms with Crippen LogP contribution in [0.25, 0.3) is 27.8 Å². The molecule has 3 heterocycles. The van der Waals surface area contributed by atoms with E-state index in [-0.39, 0.29) is 0 Å². The second-order valence-electron chi connectivity index (χ2n) is 8.73. The Kier molecular flexibility index (Phi) is 5.85. The van der Waals surface area contributed by atoms with Crippen molar-refractivity contribution in [3.05, 3.63) is 72.0 Å². The molecular weight excluding hydrogens is 418 g/mol. The number of halogens is 1. The molecule has 0 aliphatic carbocycles. The Morgan fingerprint density at radius 1 is 1.06 bits per heavy atom. The highest BCUT2D eigenvalue weighted by atomic mass is 35.5. The zero-order chi connectivity index (χ0) is 22.1. The van der Waals surface area contributed by atoms with Crippen molar-refractivity contribution >= 4 is 28.5 Å². The molecule has 164 valence electrons. The van der Waals surface area contributed by atoms with E-state index in [0.717, 1.165) is 47.4 Å². The molecule has 1 aliphatic heterocycles. The van der Waals surface area contributed by atoms with Gasteiger partial charge in [0.2, 0.25) is 5.95 Å². The summed E-state index contributed by atoms with van der Waals surface area (Å²) in [5.74, 6) is 0.636. The minimum Gasteiger partial charge on any atom is -0.350 e. The molecule has 5 rings (SSSR count). The molecule has 5 nitrogen and oxygen atoms in total. The average molecular weight is 446 g/mol. The zero-order valence-corrected chi connectivity index (χ0v) is 19.3. The van der Waals surface area contributed by atoms with Gasteiger partial charge in [0.25, 0.3) is 0 Å². The normalized spacial score (nSPS) is 17.2. The van der Waals surface area contributed by atoms with E-state index in [1.54, 1.807) is 6.20 Å². The maximum atomic E-state index is 6.62. The van der Waals surface area contributed by atoms with Gasteiger partial charge < -0.3 is 9.88 Å². The van der Waals surface area contributed by atoms with Gasteiger partial charge in [-0.3, -0.25) is 4.90 Å². The molecule has 0 saturated carbocycles. The summed E-state index contributed by atoms with van der Waals surface area (Å²) in [6.45, 7) is 6.66. The van der Waals surface area contributed by atoms with E-state index in [0.29, 0.717) is 23.1 Å². The number of nitrogens with zero attached hydrogens (tertiary/aromatic N) is 4. The SMILES string of the molecule is CC(C)N1CCC[C@H](Nc2ncc(Cl)c(-c3cn(-c4ccccc4)c4ccccc34)n2)C1. The van der Waals surface area contributed by atoms with Crippen molar-refractivity contribution in [3.8, 4) is 16.9 Å². The Morgan fingerprint density at radius 2 is 1.84 bits per heavy atom. The fraction of sp³-hybridized carbons (Fsp3) is 0.308. The van der Waals surface area contributed by atoms with Crippen LogP contribution in [0.2, 0.25) is 5.02 Å². The minimum atomic E-state index is 0.339. The van der Waals surface area contributed by atoms with E-state index in [1.807, 2.05) is 18.2 Å². The van der Waals surface area contributed by atoms with Gasteiger partial charge in [0.1, 0.15) is 0 Å². The first-order chi connectivity index (χ1) is 15.6. The van der Waals surface area contributed by atoms with Crippen LogP contribution >= 0.6 is 11.6 Å². The summed E-state index contributed by atoms with van der Waals surface area (Å²) >= 11 is 6.62. The molecule has 32 heavy (non-hydrogen) atoms. The Hall–Kier alpha value is -2.89. The van der Waals surface area contributed by atoms with Crippen LogP contribution in [-0.2, 0) is 0 Å². The molecule has 2 aromatic carbocycles. The fourth-order valence-corrected chi connectivity index (χ4v) is 4.76. The molecular formula is C26H28ClN5. The molecule has 1 fully saturated rings. The van der Waals surface area contributed by atoms with Crippen LogP contribution in [0.15, 0.2) is 67.0 Å². The lowest BCUT2D eigenvalue weighted by atomic mass is 10.0. The topological polar surface area (TPSA) is 46.0 Å². The molecule has 2 aromatic heterocycles. The molecule has 0 bridgehead atoms. The van der Waals surface area contributed by atoms with Crippen molar-refractivity contribution < 1.29 is 0 Å². The van der Waals surface area contributed by atoms with Crippen LogP contribution in [0, 0.1) is 0 Å². The van der Waals surface area contributed by atoms with E-state index >= 15 is 0 Å². The third kappa shape index (κ3) is 4.10. The molecule has 0 radical (unpaired) electrons. The van der Waals surface area contributed by atoms with E-state index in [4.69, 9.17) is 16.6 Å². The third-order valence-electron chi connectivity index (χ3n) is 6.26. The van der Waals surface area contributed by atoms with Gasteiger partial charge in [-0.05, 0) is 51.4 Å². The maximum Gasteiger partial charge on any atom is 0.223 e. The van der Waals surface area contributed by atoms with Crippen molar-refractivity contribution in [3.63, 3.8) is 0 Å². The highest BCUT2D eigenvalue weighted by Crippen LogP contribution is 2.35. The van der Waals surface area contributed by atoms with Crippen LogP contribution in [0.4, 0.5) is 5.95 Å². The number of fused-ring (bicyclic) bond motifs is 1. The summed E-state index contributed by atoms with van der Waals surface area (Å²) in [4.78, 5) is 11.9. The number of piperidine rings is 1. The maximum absolute atomic E-state index is 6.62. The van der Waals surface area contributed by atoms with Crippen molar-refractivity contribution in [1.29, 1.82) is 0 Å². The highest BCUT2D eigenvalue weighted by molar-refractivity contribution is 6.33. The second-order valence-corrected chi connectivity index (χ2v) is 9.14. The first-order valence-electron chi connectivity index (χ1n) is 11.3. The van der Waals surface area contributed by atoms with Crippen molar-refractivity contribution in [2.45, 2.75) is 38.8 Å². The number of rotatable bonds is 5. The quantitative estimate of drug-likeness (QED) is 0.407. The molecule has 6 heteroatoms. The number of hydrogen-bond donors (Lipinski definition) is 1. The lowest BCUT2D eigenvalue weighted by Gasteiger charge is -2.35. The summed E-state index contributed by atoms with van der Waals surface area (Å²) in [5, 5.41) is 5.23. The van der Waals surface area contributed by atoms with Crippen LogP contribution in [-0.4, -0.2) is 44.6 Å². The zero-order valence-electron chi connectivity index (χ0n) is 18.5. The van der Waals surface area contributed by atoms with Gasteiger partial charge in [-0.2, -0.15) is 0 Å². The number of likely N-dealkylation sites (tertiary alicyclic amines) is 1. The molecule has 1 saturated heterocycles. The Morgan fingerprint density at radius 3 is 2.66 bits per heavy atom. The van der Waals surface area contributed by atoms with E-state index in [2.05, 4.69) is 76.2 Å². The first-order valence-corrected chi connectivity index (χ1v) is 11.7. The lowest BCUT2D eigenvalue weighted by molar-refractivity contribution is 0.174. The summed E-state index contributed by atoms with van der Waals surface area (Å²) < 4.78 is 2.19. The Bertz CT molecular complexity index is 1220. The predicted octanol–water partition coefficient (Wildman–Crippen LogP) is 6.03. The Balaban J connectivity index is 1.52. The fourth-order valence-electron chi connectivity index (χ4n) is 4.57. The summed E-state index contributed by atoms with van der Waals surface area (Å²) in [6, 6.07) is 19.6. The van der Waals surface area contributed by atoms with E-state index in [9.17, 15) is 0 Å². The molecule has 0 unspecified atom stereocenters. The van der Waals surface area contributed by atoms with Gasteiger partial charge in [-0.1, -0.05) is 48.0 Å². The van der Waals surface area contributed by atoms with Gasteiger partial charge in [0.15, 0.2) is 0 Å². The molecule has 0 amide bonds. The third-order valence-corrected chi connectivity index (χ3v) is 6.54. The molecule has 4 aromatic rings. The molecule has 1 N–H and O–H groups in total. The lowest BCUT2D eigenvalue weighted by Crippen LogP contribution is -2.45. The summed E-state index contributed by atoms with van der Waals surface area (Å²) in [6.07, 6.45) is 6.14. The minimum absolute atomic E-state index is 0.339. The van der Waals surface area contributed by atoms with E-state index in [1.165, 1.54) is 6.42 Å². The standard InChI is InChI=1S/C26H28ClN5/c1-18(2)31-14-8-9-19(16-31)29-26-28-15-23(27)25(30-26)22-17-32(20-10-4-3-5-11-20)24-13-7-6-12-21(22)24/h3-7,10-13,15,17-19H,8-9,14,16H2,1-2H3,(H,28,29,30)/t19-/m0/s1. The average Bonchev–Trinajstić information content (AvgIpc) is 3.21. The smallest absolute Gasteiger partial charge is 0.223 e. The largest absolute Gasteiger partial charge is 0.350 e. The first kappa shape index (κ1) is 21.0. The second kappa shape index (κ2) is 8.93. The molecule has 0 spiro atoms. The van der Waals surface area contributed by atoms with E-state index < -0.39 is 0 Å². The van der Waals surface area contributed by atoms with Gasteiger partial charge in [0.05, 0.1) is 22.4 Å². The van der Waals surface area contributed by atoms with Gasteiger partial charge in [0, 0.05) is 41.5 Å². The number of anilines is 1. The molecule has 1 aliphatic rings. The van der Waals surface area contributed by atoms with Crippen molar-refractivity contribution in [1.82, 2.24) is 19.4 Å². The molecule has 1 atom stereocenters. The van der Waals surface area contributed by atoms with Gasteiger partial charge in [-0.25, -0.2) is 9.97 Å². The van der Waals surface area contributed by atoms with Crippen LogP contribution in [0.5, 0.6) is 0 Å². The van der Waals surface area contributed by atoms with Crippen LogP contribution in [0.3, 0.4) is 0 Å². The van der Waals surface area contributed by atoms with Crippen molar-refractivity contribution in [2.75, 3.05) is 18.4 Å². The number of hydrogen-bond acceptors (Lipinski definition) is 4. The summed E-state index contributed by atoms with van der Waals surface area (Å²) in [7, 11) is 0. The number of nitrogens with one attached hydrogen (secondary N) is 1.